The molecular formula is C21H24N6O. The van der Waals surface area contributed by atoms with E-state index >= 15 is 0 Å². The van der Waals surface area contributed by atoms with Crippen LogP contribution < -0.4 is 10.1 Å². The lowest BCUT2D eigenvalue weighted by Crippen LogP contribution is -2.29. The monoisotopic (exact) mass is 376 g/mol. The maximum atomic E-state index is 5.69. The summed E-state index contributed by atoms with van der Waals surface area (Å²) < 4.78 is 9.66. The molecule has 1 aliphatic rings. The second-order valence-electron chi connectivity index (χ2n) is 7.55. The van der Waals surface area contributed by atoms with Crippen molar-refractivity contribution in [3.8, 4) is 16.9 Å². The van der Waals surface area contributed by atoms with Crippen LogP contribution in [0, 0.1) is 13.8 Å². The Kier molecular flexibility index (Phi) is 4.05. The first-order chi connectivity index (χ1) is 13.6. The van der Waals surface area contributed by atoms with E-state index in [0.29, 0.717) is 6.04 Å². The Balaban J connectivity index is 1.63. The van der Waals surface area contributed by atoms with Gasteiger partial charge in [-0.3, -0.25) is 4.68 Å². The molecule has 7 nitrogen and oxygen atoms in total. The number of aromatic nitrogens is 5. The first-order valence-corrected chi connectivity index (χ1v) is 9.74. The second-order valence-corrected chi connectivity index (χ2v) is 7.55. The predicted octanol–water partition coefficient (Wildman–Crippen LogP) is 3.30. The standard InChI is InChI=1S/C21H24N6O/c1-13-8-16(11-27-21(13)23-14(2)24-27)15-9-17-12-26(18-4-6-22-7-5-18)25-20(17)19(10-15)28-3/h8-12,18,22H,4-7H2,1-3H3. The zero-order chi connectivity index (χ0) is 19.3. The van der Waals surface area contributed by atoms with Gasteiger partial charge in [0.2, 0.25) is 0 Å². The van der Waals surface area contributed by atoms with Crippen LogP contribution in [0.3, 0.4) is 0 Å². The molecular weight excluding hydrogens is 352 g/mol. The number of methoxy groups -OCH3 is 1. The highest BCUT2D eigenvalue weighted by Crippen LogP contribution is 2.33. The number of benzene rings is 1. The number of hydrogen-bond donors (Lipinski definition) is 1. The molecule has 0 radical (unpaired) electrons. The summed E-state index contributed by atoms with van der Waals surface area (Å²) in [5.41, 5.74) is 5.09. The zero-order valence-corrected chi connectivity index (χ0v) is 16.4. The Hall–Kier alpha value is -2.93. The molecule has 1 fully saturated rings. The summed E-state index contributed by atoms with van der Waals surface area (Å²) in [7, 11) is 1.71. The molecule has 7 heteroatoms. The molecule has 1 saturated heterocycles. The molecule has 4 aromatic rings. The van der Waals surface area contributed by atoms with Crippen LogP contribution in [0.5, 0.6) is 5.75 Å². The van der Waals surface area contributed by atoms with Crippen LogP contribution in [0.15, 0.2) is 30.6 Å². The molecule has 0 bridgehead atoms. The van der Waals surface area contributed by atoms with Gasteiger partial charge in [0, 0.05) is 23.3 Å². The molecule has 0 aliphatic carbocycles. The van der Waals surface area contributed by atoms with Crippen molar-refractivity contribution in [3.05, 3.63) is 42.0 Å². The Morgan fingerprint density at radius 1 is 1.04 bits per heavy atom. The van der Waals surface area contributed by atoms with Gasteiger partial charge in [0.1, 0.15) is 17.1 Å². The van der Waals surface area contributed by atoms with Gasteiger partial charge in [0.05, 0.1) is 13.2 Å². The Bertz CT molecular complexity index is 1170. The van der Waals surface area contributed by atoms with Crippen LogP contribution in [0.25, 0.3) is 27.7 Å². The fourth-order valence-corrected chi connectivity index (χ4v) is 4.12. The Labute approximate surface area is 163 Å². The average Bonchev–Trinajstić information content (AvgIpc) is 3.31. The van der Waals surface area contributed by atoms with Crippen LogP contribution >= 0.6 is 0 Å². The molecule has 0 amide bonds. The Morgan fingerprint density at radius 3 is 2.64 bits per heavy atom. The van der Waals surface area contributed by atoms with Crippen LogP contribution in [0.1, 0.15) is 30.3 Å². The first-order valence-electron chi connectivity index (χ1n) is 9.74. The summed E-state index contributed by atoms with van der Waals surface area (Å²) in [6.45, 7) is 6.06. The van der Waals surface area contributed by atoms with E-state index in [1.165, 1.54) is 0 Å². The van der Waals surface area contributed by atoms with Crippen molar-refractivity contribution in [3.63, 3.8) is 0 Å². The van der Waals surface area contributed by atoms with E-state index in [1.54, 1.807) is 7.11 Å². The van der Waals surface area contributed by atoms with Gasteiger partial charge in [-0.25, -0.2) is 9.50 Å². The summed E-state index contributed by atoms with van der Waals surface area (Å²) in [6, 6.07) is 6.85. The number of pyridine rings is 1. The van der Waals surface area contributed by atoms with Crippen LogP contribution in [0.4, 0.5) is 0 Å². The zero-order valence-electron chi connectivity index (χ0n) is 16.4. The van der Waals surface area contributed by atoms with E-state index < -0.39 is 0 Å². The van der Waals surface area contributed by atoms with Crippen LogP contribution in [-0.2, 0) is 0 Å². The molecule has 1 aromatic carbocycles. The molecule has 5 rings (SSSR count). The van der Waals surface area contributed by atoms with Crippen molar-refractivity contribution in [2.45, 2.75) is 32.7 Å². The molecule has 0 unspecified atom stereocenters. The lowest BCUT2D eigenvalue weighted by molar-refractivity contribution is 0.344. The van der Waals surface area contributed by atoms with Crippen molar-refractivity contribution in [2.75, 3.05) is 20.2 Å². The summed E-state index contributed by atoms with van der Waals surface area (Å²) in [5, 5.41) is 13.8. The van der Waals surface area contributed by atoms with Gasteiger partial charge >= 0.3 is 0 Å². The SMILES string of the molecule is COc1cc(-c2cc(C)c3nc(C)nn3c2)cc2cn(C3CCNCC3)nc12. The fraction of sp³-hybridized carbons (Fsp3) is 0.381. The van der Waals surface area contributed by atoms with E-state index in [1.807, 2.05) is 17.6 Å². The topological polar surface area (TPSA) is 69.3 Å². The molecule has 1 aliphatic heterocycles. The molecule has 0 saturated carbocycles. The lowest BCUT2D eigenvalue weighted by Gasteiger charge is -2.22. The maximum absolute atomic E-state index is 5.69. The maximum Gasteiger partial charge on any atom is 0.158 e. The minimum Gasteiger partial charge on any atom is -0.494 e. The van der Waals surface area contributed by atoms with Crippen molar-refractivity contribution >= 4 is 16.6 Å². The smallest absolute Gasteiger partial charge is 0.158 e. The minimum atomic E-state index is 0.443. The molecule has 144 valence electrons. The van der Waals surface area contributed by atoms with E-state index in [2.05, 4.69) is 51.4 Å². The lowest BCUT2D eigenvalue weighted by atomic mass is 10.0. The molecule has 0 atom stereocenters. The van der Waals surface area contributed by atoms with E-state index in [-0.39, 0.29) is 0 Å². The van der Waals surface area contributed by atoms with E-state index in [9.17, 15) is 0 Å². The second kappa shape index (κ2) is 6.60. The van der Waals surface area contributed by atoms with Gasteiger partial charge in [-0.1, -0.05) is 0 Å². The molecule has 4 heterocycles. The number of nitrogens with one attached hydrogen (secondary N) is 1. The fourth-order valence-electron chi connectivity index (χ4n) is 4.12. The third-order valence-electron chi connectivity index (χ3n) is 5.55. The predicted molar refractivity (Wildman–Crippen MR) is 109 cm³/mol. The molecule has 3 aromatic heterocycles. The third-order valence-corrected chi connectivity index (χ3v) is 5.55. The van der Waals surface area contributed by atoms with Crippen LogP contribution in [-0.4, -0.2) is 44.6 Å². The highest BCUT2D eigenvalue weighted by atomic mass is 16.5. The van der Waals surface area contributed by atoms with Gasteiger partial charge in [0.25, 0.3) is 0 Å². The summed E-state index contributed by atoms with van der Waals surface area (Å²) in [5.74, 6) is 1.57. The first kappa shape index (κ1) is 17.2. The van der Waals surface area contributed by atoms with Crippen molar-refractivity contribution < 1.29 is 4.74 Å². The quantitative estimate of drug-likeness (QED) is 0.594. The normalized spacial score (nSPS) is 15.5. The van der Waals surface area contributed by atoms with Gasteiger partial charge in [0.15, 0.2) is 5.65 Å². The number of ether oxygens (including phenoxy) is 1. The highest BCUT2D eigenvalue weighted by molar-refractivity contribution is 5.89. The number of rotatable bonds is 3. The van der Waals surface area contributed by atoms with E-state index in [0.717, 1.165) is 70.7 Å². The number of piperidine rings is 1. The van der Waals surface area contributed by atoms with Crippen molar-refractivity contribution in [1.29, 1.82) is 0 Å². The van der Waals surface area contributed by atoms with Crippen LogP contribution in [0.2, 0.25) is 0 Å². The summed E-state index contributed by atoms with van der Waals surface area (Å²) >= 11 is 0. The number of aryl methyl sites for hydroxylation is 2. The molecule has 28 heavy (non-hydrogen) atoms. The van der Waals surface area contributed by atoms with Gasteiger partial charge in [-0.15, -0.1) is 0 Å². The molecule has 1 N–H and O–H groups in total. The largest absolute Gasteiger partial charge is 0.494 e. The highest BCUT2D eigenvalue weighted by Gasteiger charge is 2.18. The number of nitrogens with zero attached hydrogens (tertiary/aromatic N) is 5. The minimum absolute atomic E-state index is 0.443. The van der Waals surface area contributed by atoms with Gasteiger partial charge in [-0.2, -0.15) is 10.2 Å². The number of fused-ring (bicyclic) bond motifs is 2. The average molecular weight is 376 g/mol. The van der Waals surface area contributed by atoms with Crippen molar-refractivity contribution in [2.24, 2.45) is 0 Å². The van der Waals surface area contributed by atoms with Gasteiger partial charge < -0.3 is 10.1 Å². The van der Waals surface area contributed by atoms with Gasteiger partial charge in [-0.05, 0) is 69.1 Å². The Morgan fingerprint density at radius 2 is 1.86 bits per heavy atom. The summed E-state index contributed by atoms with van der Waals surface area (Å²) in [4.78, 5) is 4.49. The third kappa shape index (κ3) is 2.82. The summed E-state index contributed by atoms with van der Waals surface area (Å²) in [6.07, 6.45) is 6.39. The van der Waals surface area contributed by atoms with E-state index in [4.69, 9.17) is 9.84 Å². The van der Waals surface area contributed by atoms with Crippen molar-refractivity contribution in [1.82, 2.24) is 29.7 Å². The number of hydrogen-bond acceptors (Lipinski definition) is 5. The molecule has 0 spiro atoms.